The molecular formula is C16H16FNO. The van der Waals surface area contributed by atoms with Crippen LogP contribution in [0.1, 0.15) is 23.7 Å². The minimum atomic E-state index is -0.288. The second kappa shape index (κ2) is 5.65. The average Bonchev–Trinajstić information content (AvgIpc) is 2.45. The summed E-state index contributed by atoms with van der Waals surface area (Å²) in [4.78, 5) is 13.8. The third-order valence-electron chi connectivity index (χ3n) is 3.08. The lowest BCUT2D eigenvalue weighted by molar-refractivity contribution is 0.0989. The first-order chi connectivity index (χ1) is 9.13. The van der Waals surface area contributed by atoms with Gasteiger partial charge in [-0.1, -0.05) is 25.1 Å². The van der Waals surface area contributed by atoms with Gasteiger partial charge in [-0.2, -0.15) is 0 Å². The molecule has 3 heteroatoms. The lowest BCUT2D eigenvalue weighted by atomic mass is 10.1. The van der Waals surface area contributed by atoms with Crippen LogP contribution in [0.3, 0.4) is 0 Å². The zero-order valence-corrected chi connectivity index (χ0v) is 11.1. The molecule has 0 atom stereocenters. The van der Waals surface area contributed by atoms with Gasteiger partial charge in [0.1, 0.15) is 5.82 Å². The molecule has 98 valence electrons. The first kappa shape index (κ1) is 13.3. The minimum absolute atomic E-state index is 0.0823. The van der Waals surface area contributed by atoms with Gasteiger partial charge in [-0.05, 0) is 30.3 Å². The molecule has 0 amide bonds. The summed E-state index contributed by atoms with van der Waals surface area (Å²) in [6.45, 7) is 1.83. The van der Waals surface area contributed by atoms with E-state index in [0.29, 0.717) is 12.0 Å². The molecule has 0 N–H and O–H groups in total. The average molecular weight is 257 g/mol. The van der Waals surface area contributed by atoms with Gasteiger partial charge in [0.15, 0.2) is 5.78 Å². The van der Waals surface area contributed by atoms with Crippen molar-refractivity contribution in [3.8, 4) is 0 Å². The first-order valence-corrected chi connectivity index (χ1v) is 6.25. The van der Waals surface area contributed by atoms with Crippen molar-refractivity contribution in [2.75, 3.05) is 11.9 Å². The number of halogens is 1. The monoisotopic (exact) mass is 257 g/mol. The zero-order chi connectivity index (χ0) is 13.8. The molecule has 0 fully saturated rings. The highest BCUT2D eigenvalue weighted by molar-refractivity contribution is 6.01. The van der Waals surface area contributed by atoms with Crippen molar-refractivity contribution in [2.24, 2.45) is 0 Å². The number of para-hydroxylation sites is 1. The van der Waals surface area contributed by atoms with Crippen molar-refractivity contribution in [3.05, 3.63) is 59.9 Å². The van der Waals surface area contributed by atoms with Crippen molar-refractivity contribution < 1.29 is 9.18 Å². The highest BCUT2D eigenvalue weighted by Gasteiger charge is 2.13. The fourth-order valence-electron chi connectivity index (χ4n) is 2.02. The molecule has 19 heavy (non-hydrogen) atoms. The van der Waals surface area contributed by atoms with Gasteiger partial charge in [-0.15, -0.1) is 0 Å². The number of carbonyl (C=O) groups excluding carboxylic acids is 1. The second-order valence-electron chi connectivity index (χ2n) is 4.33. The van der Waals surface area contributed by atoms with Gasteiger partial charge in [0.05, 0.1) is 5.69 Å². The summed E-state index contributed by atoms with van der Waals surface area (Å²) in [7, 11) is 1.83. The Morgan fingerprint density at radius 1 is 1.16 bits per heavy atom. The number of ketones is 1. The predicted octanol–water partition coefficient (Wildman–Crippen LogP) is 4.19. The van der Waals surface area contributed by atoms with Crippen LogP contribution in [0.25, 0.3) is 0 Å². The van der Waals surface area contributed by atoms with E-state index in [-0.39, 0.29) is 11.6 Å². The highest BCUT2D eigenvalue weighted by Crippen LogP contribution is 2.28. The largest absolute Gasteiger partial charge is 0.344 e. The number of anilines is 2. The van der Waals surface area contributed by atoms with Crippen LogP contribution < -0.4 is 4.90 Å². The summed E-state index contributed by atoms with van der Waals surface area (Å²) in [5, 5.41) is 0. The molecule has 0 spiro atoms. The van der Waals surface area contributed by atoms with E-state index in [1.165, 1.54) is 12.1 Å². The van der Waals surface area contributed by atoms with E-state index in [1.54, 1.807) is 12.1 Å². The number of hydrogen-bond acceptors (Lipinski definition) is 2. The minimum Gasteiger partial charge on any atom is -0.344 e. The van der Waals surface area contributed by atoms with Crippen molar-refractivity contribution in [3.63, 3.8) is 0 Å². The molecule has 0 heterocycles. The molecule has 0 radical (unpaired) electrons. The molecule has 2 aromatic carbocycles. The third-order valence-corrected chi connectivity index (χ3v) is 3.08. The van der Waals surface area contributed by atoms with Crippen molar-refractivity contribution in [2.45, 2.75) is 13.3 Å². The maximum Gasteiger partial charge on any atom is 0.164 e. The number of hydrogen-bond donors (Lipinski definition) is 0. The van der Waals surface area contributed by atoms with E-state index in [4.69, 9.17) is 0 Å². The van der Waals surface area contributed by atoms with Gasteiger partial charge in [-0.25, -0.2) is 4.39 Å². The molecule has 2 aromatic rings. The Morgan fingerprint density at radius 3 is 2.58 bits per heavy atom. The molecule has 0 aliphatic rings. The Labute approximate surface area is 112 Å². The lowest BCUT2D eigenvalue weighted by Crippen LogP contribution is -2.14. The van der Waals surface area contributed by atoms with Crippen LogP contribution in [0.4, 0.5) is 15.8 Å². The number of nitrogens with zero attached hydrogens (tertiary/aromatic N) is 1. The number of carbonyl (C=O) groups is 1. The third kappa shape index (κ3) is 2.81. The van der Waals surface area contributed by atoms with E-state index in [9.17, 15) is 9.18 Å². The summed E-state index contributed by atoms with van der Waals surface area (Å²) in [5.41, 5.74) is 2.17. The Hall–Kier alpha value is -2.16. The molecule has 0 saturated heterocycles. The quantitative estimate of drug-likeness (QED) is 0.765. The molecule has 2 nitrogen and oxygen atoms in total. The van der Waals surface area contributed by atoms with E-state index in [1.807, 2.05) is 43.1 Å². The first-order valence-electron chi connectivity index (χ1n) is 6.25. The van der Waals surface area contributed by atoms with E-state index >= 15 is 0 Å². The number of benzene rings is 2. The summed E-state index contributed by atoms with van der Waals surface area (Å²) in [5.74, 6) is -0.206. The maximum absolute atomic E-state index is 13.3. The summed E-state index contributed by atoms with van der Waals surface area (Å²) >= 11 is 0. The summed E-state index contributed by atoms with van der Waals surface area (Å²) < 4.78 is 13.3. The Morgan fingerprint density at radius 2 is 1.89 bits per heavy atom. The van der Waals surface area contributed by atoms with E-state index in [2.05, 4.69) is 0 Å². The summed E-state index contributed by atoms with van der Waals surface area (Å²) in [6.07, 6.45) is 0.452. The smallest absolute Gasteiger partial charge is 0.164 e. The molecule has 0 unspecified atom stereocenters. The van der Waals surface area contributed by atoms with Gasteiger partial charge in [0.2, 0.25) is 0 Å². The van der Waals surface area contributed by atoms with E-state index in [0.717, 1.165) is 11.4 Å². The van der Waals surface area contributed by atoms with Gasteiger partial charge in [0, 0.05) is 24.7 Å². The van der Waals surface area contributed by atoms with Crippen LogP contribution in [0, 0.1) is 5.82 Å². The Balaban J connectivity index is 2.44. The molecule has 0 aliphatic carbocycles. The fourth-order valence-corrected chi connectivity index (χ4v) is 2.02. The van der Waals surface area contributed by atoms with Gasteiger partial charge >= 0.3 is 0 Å². The van der Waals surface area contributed by atoms with Crippen molar-refractivity contribution >= 4 is 17.2 Å². The lowest BCUT2D eigenvalue weighted by Gasteiger charge is -2.22. The summed E-state index contributed by atoms with van der Waals surface area (Å²) in [6, 6.07) is 13.7. The van der Waals surface area contributed by atoms with Crippen molar-refractivity contribution in [1.29, 1.82) is 0 Å². The van der Waals surface area contributed by atoms with E-state index < -0.39 is 0 Å². The molecular weight excluding hydrogens is 241 g/mol. The van der Waals surface area contributed by atoms with Crippen LogP contribution >= 0.6 is 0 Å². The maximum atomic E-state index is 13.3. The SMILES string of the molecule is CCC(=O)c1ccccc1N(C)c1cccc(F)c1. The van der Waals surface area contributed by atoms with Crippen LogP contribution in [-0.2, 0) is 0 Å². The Bertz CT molecular complexity index is 595. The van der Waals surface area contributed by atoms with Crippen LogP contribution in [0.15, 0.2) is 48.5 Å². The van der Waals surface area contributed by atoms with Crippen LogP contribution in [0.2, 0.25) is 0 Å². The van der Waals surface area contributed by atoms with Gasteiger partial charge in [0.25, 0.3) is 0 Å². The number of rotatable bonds is 4. The molecule has 0 bridgehead atoms. The van der Waals surface area contributed by atoms with Crippen LogP contribution in [0.5, 0.6) is 0 Å². The highest BCUT2D eigenvalue weighted by atomic mass is 19.1. The zero-order valence-electron chi connectivity index (χ0n) is 11.1. The molecule has 0 aliphatic heterocycles. The van der Waals surface area contributed by atoms with Crippen LogP contribution in [-0.4, -0.2) is 12.8 Å². The standard InChI is InChI=1S/C16H16FNO/c1-3-16(19)14-9-4-5-10-15(14)18(2)13-8-6-7-12(17)11-13/h4-11H,3H2,1-2H3. The molecule has 0 saturated carbocycles. The Kier molecular flexibility index (Phi) is 3.95. The molecule has 0 aromatic heterocycles. The number of Topliss-reactive ketones (excluding diaryl/α,β-unsaturated/α-hetero) is 1. The normalized spacial score (nSPS) is 10.3. The van der Waals surface area contributed by atoms with Gasteiger partial charge < -0.3 is 4.90 Å². The van der Waals surface area contributed by atoms with Crippen molar-refractivity contribution in [1.82, 2.24) is 0 Å². The fraction of sp³-hybridized carbons (Fsp3) is 0.188. The molecule has 2 rings (SSSR count). The second-order valence-corrected chi connectivity index (χ2v) is 4.33. The predicted molar refractivity (Wildman–Crippen MR) is 75.5 cm³/mol. The van der Waals surface area contributed by atoms with Gasteiger partial charge in [-0.3, -0.25) is 4.79 Å². The topological polar surface area (TPSA) is 20.3 Å².